The van der Waals surface area contributed by atoms with Gasteiger partial charge in [0.1, 0.15) is 31.8 Å². The summed E-state index contributed by atoms with van der Waals surface area (Å²) in [4.78, 5) is 3.91. The summed E-state index contributed by atoms with van der Waals surface area (Å²) in [6.07, 6.45) is -1.03. The van der Waals surface area contributed by atoms with Crippen molar-refractivity contribution < 1.29 is 24.1 Å². The number of aliphatic hydroxyl groups excluding tert-OH is 1. The molecule has 0 spiro atoms. The number of hydrogen-bond donors (Lipinski definition) is 1. The third-order valence-electron chi connectivity index (χ3n) is 4.61. The van der Waals surface area contributed by atoms with Gasteiger partial charge in [-0.05, 0) is 66.3 Å². The quantitative estimate of drug-likeness (QED) is 0.532. The lowest BCUT2D eigenvalue weighted by molar-refractivity contribution is 0.0489. The van der Waals surface area contributed by atoms with E-state index in [4.69, 9.17) is 18.9 Å². The van der Waals surface area contributed by atoms with Gasteiger partial charge in [0.05, 0.1) is 0 Å². The Kier molecular flexibility index (Phi) is 9.23. The molecule has 0 amide bonds. The van der Waals surface area contributed by atoms with E-state index < -0.39 is 6.10 Å². The molecule has 0 aliphatic heterocycles. The zero-order chi connectivity index (χ0) is 22.1. The summed E-state index contributed by atoms with van der Waals surface area (Å²) >= 11 is 0. The molecular formula is C23H34N2O5. The number of hydrogen-bond acceptors (Lipinski definition) is 7. The molecule has 30 heavy (non-hydrogen) atoms. The minimum atomic E-state index is -0.816. The largest absolute Gasteiger partial charge is 0.487 e. The number of ether oxygens (including phenoxy) is 4. The second-order valence-corrected chi connectivity index (χ2v) is 7.53. The average molecular weight is 419 g/mol. The summed E-state index contributed by atoms with van der Waals surface area (Å²) in [7, 11) is 7.76. The monoisotopic (exact) mass is 418 g/mol. The van der Waals surface area contributed by atoms with Crippen LogP contribution in [-0.4, -0.2) is 74.9 Å². The fourth-order valence-electron chi connectivity index (χ4n) is 2.33. The van der Waals surface area contributed by atoms with Gasteiger partial charge in [-0.15, -0.1) is 0 Å². The SMILES string of the molecule is CC(Oc1ccccc1OCC(O)COc1ccccc1OC(C)N(C)C)N(C)C. The number of rotatable bonds is 12. The van der Waals surface area contributed by atoms with Crippen LogP contribution in [0.4, 0.5) is 0 Å². The first-order valence-electron chi connectivity index (χ1n) is 10.1. The molecule has 0 bridgehead atoms. The van der Waals surface area contributed by atoms with Crippen molar-refractivity contribution in [3.8, 4) is 23.0 Å². The Hall–Kier alpha value is -2.48. The Morgan fingerprint density at radius 1 is 0.667 bits per heavy atom. The lowest BCUT2D eigenvalue weighted by Gasteiger charge is -2.23. The third-order valence-corrected chi connectivity index (χ3v) is 4.61. The minimum absolute atomic E-state index is 0.0772. The zero-order valence-corrected chi connectivity index (χ0v) is 18.7. The highest BCUT2D eigenvalue weighted by molar-refractivity contribution is 5.40. The Morgan fingerprint density at radius 2 is 1.00 bits per heavy atom. The molecular weight excluding hydrogens is 384 g/mol. The van der Waals surface area contributed by atoms with Gasteiger partial charge in [-0.3, -0.25) is 9.80 Å². The standard InChI is InChI=1S/C23H34N2O5/c1-17(24(3)4)29-22-13-9-7-11-20(22)27-15-19(26)16-28-21-12-8-10-14-23(21)30-18(2)25(5)6/h7-14,17-19,26H,15-16H2,1-6H3. The van der Waals surface area contributed by atoms with Gasteiger partial charge >= 0.3 is 0 Å². The summed E-state index contributed by atoms with van der Waals surface area (Å²) in [5.41, 5.74) is 0. The molecule has 0 fully saturated rings. The molecule has 0 heterocycles. The van der Waals surface area contributed by atoms with Crippen LogP contribution in [0.25, 0.3) is 0 Å². The summed E-state index contributed by atoms with van der Waals surface area (Å²) < 4.78 is 23.4. The molecule has 2 atom stereocenters. The molecule has 0 saturated heterocycles. The van der Waals surface area contributed by atoms with E-state index in [9.17, 15) is 5.11 Å². The van der Waals surface area contributed by atoms with Crippen molar-refractivity contribution >= 4 is 0 Å². The first-order valence-corrected chi connectivity index (χ1v) is 10.1. The number of benzene rings is 2. The maximum Gasteiger partial charge on any atom is 0.163 e. The molecule has 1 N–H and O–H groups in total. The zero-order valence-electron chi connectivity index (χ0n) is 18.7. The van der Waals surface area contributed by atoms with Gasteiger partial charge in [-0.25, -0.2) is 0 Å². The molecule has 2 rings (SSSR count). The molecule has 2 unspecified atom stereocenters. The number of nitrogens with zero attached hydrogens (tertiary/aromatic N) is 2. The van der Waals surface area contributed by atoms with Crippen LogP contribution in [0, 0.1) is 0 Å². The Bertz CT molecular complexity index is 705. The van der Waals surface area contributed by atoms with E-state index >= 15 is 0 Å². The number of aliphatic hydroxyl groups is 1. The van der Waals surface area contributed by atoms with Gasteiger partial charge in [0.15, 0.2) is 23.0 Å². The van der Waals surface area contributed by atoms with Gasteiger partial charge < -0.3 is 24.1 Å². The second-order valence-electron chi connectivity index (χ2n) is 7.53. The summed E-state index contributed by atoms with van der Waals surface area (Å²) in [5, 5.41) is 10.3. The van der Waals surface area contributed by atoms with Gasteiger partial charge in [-0.1, -0.05) is 24.3 Å². The highest BCUT2D eigenvalue weighted by Gasteiger charge is 2.15. The lowest BCUT2D eigenvalue weighted by Crippen LogP contribution is -2.31. The average Bonchev–Trinajstić information content (AvgIpc) is 2.72. The van der Waals surface area contributed by atoms with Gasteiger partial charge in [0, 0.05) is 0 Å². The van der Waals surface area contributed by atoms with Crippen molar-refractivity contribution in [2.45, 2.75) is 32.4 Å². The van der Waals surface area contributed by atoms with Crippen LogP contribution < -0.4 is 18.9 Å². The molecule has 166 valence electrons. The molecule has 2 aromatic carbocycles. The van der Waals surface area contributed by atoms with Gasteiger partial charge in [0.25, 0.3) is 0 Å². The van der Waals surface area contributed by atoms with Crippen LogP contribution >= 0.6 is 0 Å². The van der Waals surface area contributed by atoms with Crippen LogP contribution in [0.2, 0.25) is 0 Å². The normalized spacial score (nSPS) is 14.3. The highest BCUT2D eigenvalue weighted by atomic mass is 16.6. The predicted molar refractivity (Wildman–Crippen MR) is 117 cm³/mol. The first kappa shape index (κ1) is 23.8. The Balaban J connectivity index is 1.90. The van der Waals surface area contributed by atoms with E-state index in [1.807, 2.05) is 100 Å². The van der Waals surface area contributed by atoms with Crippen molar-refractivity contribution in [2.75, 3.05) is 41.4 Å². The van der Waals surface area contributed by atoms with Crippen LogP contribution in [0.3, 0.4) is 0 Å². The van der Waals surface area contributed by atoms with E-state index in [0.29, 0.717) is 23.0 Å². The van der Waals surface area contributed by atoms with Crippen LogP contribution in [0.5, 0.6) is 23.0 Å². The lowest BCUT2D eigenvalue weighted by atomic mass is 10.3. The van der Waals surface area contributed by atoms with Crippen LogP contribution in [0.15, 0.2) is 48.5 Å². The van der Waals surface area contributed by atoms with Crippen molar-refractivity contribution in [3.63, 3.8) is 0 Å². The molecule has 7 heteroatoms. The van der Waals surface area contributed by atoms with E-state index in [-0.39, 0.29) is 25.7 Å². The predicted octanol–water partition coefficient (Wildman–Crippen LogP) is 3.08. The molecule has 7 nitrogen and oxygen atoms in total. The first-order chi connectivity index (χ1) is 14.3. The topological polar surface area (TPSA) is 63.6 Å². The van der Waals surface area contributed by atoms with E-state index in [2.05, 4.69) is 0 Å². The maximum absolute atomic E-state index is 10.3. The number of para-hydroxylation sites is 4. The molecule has 0 saturated carbocycles. The van der Waals surface area contributed by atoms with E-state index in [1.165, 1.54) is 0 Å². The third kappa shape index (κ3) is 7.40. The Morgan fingerprint density at radius 3 is 1.33 bits per heavy atom. The summed E-state index contributed by atoms with van der Waals surface area (Å²) in [6.45, 7) is 4.06. The van der Waals surface area contributed by atoms with Crippen molar-refractivity contribution in [1.82, 2.24) is 9.80 Å². The van der Waals surface area contributed by atoms with Crippen molar-refractivity contribution in [2.24, 2.45) is 0 Å². The smallest absolute Gasteiger partial charge is 0.163 e. The molecule has 0 aliphatic carbocycles. The van der Waals surface area contributed by atoms with E-state index in [0.717, 1.165) is 0 Å². The van der Waals surface area contributed by atoms with Gasteiger partial charge in [0.2, 0.25) is 0 Å². The molecule has 2 aromatic rings. The van der Waals surface area contributed by atoms with E-state index in [1.54, 1.807) is 0 Å². The molecule has 0 aliphatic rings. The van der Waals surface area contributed by atoms with Crippen LogP contribution in [-0.2, 0) is 0 Å². The van der Waals surface area contributed by atoms with Crippen LogP contribution in [0.1, 0.15) is 13.8 Å². The Labute approximate surface area is 179 Å². The molecule has 0 radical (unpaired) electrons. The maximum atomic E-state index is 10.3. The highest BCUT2D eigenvalue weighted by Crippen LogP contribution is 2.29. The summed E-state index contributed by atoms with van der Waals surface area (Å²) in [6, 6.07) is 14.8. The van der Waals surface area contributed by atoms with Crippen molar-refractivity contribution in [1.29, 1.82) is 0 Å². The van der Waals surface area contributed by atoms with Gasteiger partial charge in [-0.2, -0.15) is 0 Å². The second kappa shape index (κ2) is 11.6. The fraction of sp³-hybridized carbons (Fsp3) is 0.478. The minimum Gasteiger partial charge on any atom is -0.487 e. The fourth-order valence-corrected chi connectivity index (χ4v) is 2.33. The van der Waals surface area contributed by atoms with Crippen molar-refractivity contribution in [3.05, 3.63) is 48.5 Å². The summed E-state index contributed by atoms with van der Waals surface area (Å²) in [5.74, 6) is 2.41. The molecule has 0 aromatic heterocycles.